The van der Waals surface area contributed by atoms with Gasteiger partial charge in [0.05, 0.1) is 0 Å². The Morgan fingerprint density at radius 3 is 1.38 bits per heavy atom. The van der Waals surface area contributed by atoms with Crippen LogP contribution >= 0.6 is 0 Å². The molecule has 0 N–H and O–H groups in total. The van der Waals surface area contributed by atoms with Crippen LogP contribution < -0.4 is 0 Å². The predicted molar refractivity (Wildman–Crippen MR) is 58.6 cm³/mol. The van der Waals surface area contributed by atoms with E-state index in [1.54, 1.807) is 14.2 Å². The zero-order valence-corrected chi connectivity index (χ0v) is 10.5. The lowest BCUT2D eigenvalue weighted by Crippen LogP contribution is -2.43. The highest BCUT2D eigenvalue weighted by molar-refractivity contribution is 6.81. The molecule has 76 valence electrons. The Bertz CT molecular complexity index is 195. The summed E-state index contributed by atoms with van der Waals surface area (Å²) >= 11 is 0. The summed E-state index contributed by atoms with van der Waals surface area (Å²) in [5, 5.41) is 2.40. The molecule has 0 heterocycles. The Labute approximate surface area is 82.5 Å². The molecule has 0 aliphatic carbocycles. The van der Waals surface area contributed by atoms with Crippen LogP contribution in [0.3, 0.4) is 0 Å². The second-order valence-electron chi connectivity index (χ2n) is 2.97. The van der Waals surface area contributed by atoms with Crippen molar-refractivity contribution in [2.45, 2.75) is 27.7 Å². The summed E-state index contributed by atoms with van der Waals surface area (Å²) in [6, 6.07) is 0. The monoisotopic (exact) mass is 200 g/mol. The van der Waals surface area contributed by atoms with E-state index in [1.807, 2.05) is 13.8 Å². The molecule has 0 rings (SSSR count). The maximum atomic E-state index is 5.57. The summed E-state index contributed by atoms with van der Waals surface area (Å²) in [6.07, 6.45) is 4.12. The lowest BCUT2D eigenvalue weighted by atomic mass is 10.6. The molecule has 0 saturated heterocycles. The van der Waals surface area contributed by atoms with Crippen molar-refractivity contribution in [1.29, 1.82) is 0 Å². The van der Waals surface area contributed by atoms with Crippen molar-refractivity contribution in [3.05, 3.63) is 22.5 Å². The van der Waals surface area contributed by atoms with Crippen molar-refractivity contribution < 1.29 is 8.85 Å². The molecule has 0 aromatic carbocycles. The van der Waals surface area contributed by atoms with Gasteiger partial charge in [-0.15, -0.1) is 0 Å². The van der Waals surface area contributed by atoms with Crippen molar-refractivity contribution in [3.63, 3.8) is 0 Å². The van der Waals surface area contributed by atoms with Gasteiger partial charge in [0.1, 0.15) is 0 Å². The zero-order chi connectivity index (χ0) is 10.5. The molecule has 13 heavy (non-hydrogen) atoms. The van der Waals surface area contributed by atoms with Crippen molar-refractivity contribution in [2.24, 2.45) is 0 Å². The molecule has 0 atom stereocenters. The Morgan fingerprint density at radius 1 is 0.923 bits per heavy atom. The molecule has 0 amide bonds. The maximum Gasteiger partial charge on any atom is 0.397 e. The van der Waals surface area contributed by atoms with Gasteiger partial charge < -0.3 is 8.85 Å². The molecule has 0 radical (unpaired) electrons. The Balaban J connectivity index is 5.15. The van der Waals surface area contributed by atoms with Crippen LogP contribution in [0.25, 0.3) is 0 Å². The molecule has 0 aromatic heterocycles. The summed E-state index contributed by atoms with van der Waals surface area (Å²) < 4.78 is 11.1. The van der Waals surface area contributed by atoms with Crippen LogP contribution in [-0.2, 0) is 8.85 Å². The van der Waals surface area contributed by atoms with E-state index in [0.29, 0.717) is 0 Å². The average Bonchev–Trinajstić information content (AvgIpc) is 2.19. The van der Waals surface area contributed by atoms with E-state index in [9.17, 15) is 0 Å². The third-order valence-corrected chi connectivity index (χ3v) is 6.28. The minimum Gasteiger partial charge on any atom is -0.391 e. The standard InChI is InChI=1S/C10H20O2Si/c1-7-9(3)13(11-5,12-6)10(4)8-2/h7-8H,1-6H3/b9-7-,10-8-. The normalized spacial score (nSPS) is 14.9. The van der Waals surface area contributed by atoms with Gasteiger partial charge in [-0.2, -0.15) is 0 Å². The molecule has 0 spiro atoms. The molecule has 0 saturated carbocycles. The van der Waals surface area contributed by atoms with Gasteiger partial charge in [0, 0.05) is 14.2 Å². The van der Waals surface area contributed by atoms with Gasteiger partial charge >= 0.3 is 8.56 Å². The van der Waals surface area contributed by atoms with Crippen LogP contribution in [0.15, 0.2) is 22.5 Å². The van der Waals surface area contributed by atoms with Crippen molar-refractivity contribution in [3.8, 4) is 0 Å². The van der Waals surface area contributed by atoms with E-state index >= 15 is 0 Å². The molecule has 3 heteroatoms. The maximum absolute atomic E-state index is 5.57. The van der Waals surface area contributed by atoms with Crippen molar-refractivity contribution in [1.82, 2.24) is 0 Å². The third-order valence-electron chi connectivity index (χ3n) is 2.48. The molecule has 0 aromatic rings. The minimum absolute atomic E-state index is 1.20. The Morgan fingerprint density at radius 2 is 1.23 bits per heavy atom. The van der Waals surface area contributed by atoms with Crippen LogP contribution in [0.5, 0.6) is 0 Å². The first-order valence-electron chi connectivity index (χ1n) is 4.46. The molecule has 0 aliphatic heterocycles. The number of hydrogen-bond donors (Lipinski definition) is 0. The smallest absolute Gasteiger partial charge is 0.391 e. The number of hydrogen-bond acceptors (Lipinski definition) is 2. The quantitative estimate of drug-likeness (QED) is 0.650. The fourth-order valence-electron chi connectivity index (χ4n) is 1.42. The molecule has 0 bridgehead atoms. The van der Waals surface area contributed by atoms with Crippen LogP contribution in [0.1, 0.15) is 27.7 Å². The molecule has 0 unspecified atom stereocenters. The molecule has 2 nitrogen and oxygen atoms in total. The van der Waals surface area contributed by atoms with E-state index in [0.717, 1.165) is 0 Å². The van der Waals surface area contributed by atoms with E-state index in [1.165, 1.54) is 10.4 Å². The van der Waals surface area contributed by atoms with Gasteiger partial charge in [-0.25, -0.2) is 0 Å². The molecule has 0 fully saturated rings. The predicted octanol–water partition coefficient (Wildman–Crippen LogP) is 2.73. The zero-order valence-electron chi connectivity index (χ0n) is 9.47. The first kappa shape index (κ1) is 12.6. The largest absolute Gasteiger partial charge is 0.397 e. The summed E-state index contributed by atoms with van der Waals surface area (Å²) in [4.78, 5) is 0. The fraction of sp³-hybridized carbons (Fsp3) is 0.600. The topological polar surface area (TPSA) is 18.5 Å². The van der Waals surface area contributed by atoms with Gasteiger partial charge in [0.15, 0.2) is 0 Å². The number of rotatable bonds is 4. The van der Waals surface area contributed by atoms with Crippen LogP contribution in [-0.4, -0.2) is 22.8 Å². The van der Waals surface area contributed by atoms with Crippen molar-refractivity contribution >= 4 is 8.56 Å². The van der Waals surface area contributed by atoms with Crippen LogP contribution in [0, 0.1) is 0 Å². The second-order valence-corrected chi connectivity index (χ2v) is 6.60. The van der Waals surface area contributed by atoms with E-state index < -0.39 is 8.56 Å². The third kappa shape index (κ3) is 2.30. The highest BCUT2D eigenvalue weighted by atomic mass is 28.4. The summed E-state index contributed by atoms with van der Waals surface area (Å²) in [6.45, 7) is 8.15. The first-order chi connectivity index (χ1) is 6.08. The SMILES string of the molecule is C/C=C(/C)[Si](OC)(OC)/C(C)=C\C. The summed E-state index contributed by atoms with van der Waals surface area (Å²) in [5.74, 6) is 0. The van der Waals surface area contributed by atoms with Crippen LogP contribution in [0.2, 0.25) is 0 Å². The van der Waals surface area contributed by atoms with E-state index in [4.69, 9.17) is 8.85 Å². The van der Waals surface area contributed by atoms with Gasteiger partial charge in [0.2, 0.25) is 0 Å². The van der Waals surface area contributed by atoms with Gasteiger partial charge in [-0.05, 0) is 38.1 Å². The lowest BCUT2D eigenvalue weighted by Gasteiger charge is -2.28. The van der Waals surface area contributed by atoms with Crippen LogP contribution in [0.4, 0.5) is 0 Å². The second kappa shape index (κ2) is 5.37. The van der Waals surface area contributed by atoms with Gasteiger partial charge in [0.25, 0.3) is 0 Å². The average molecular weight is 200 g/mol. The summed E-state index contributed by atoms with van der Waals surface area (Å²) in [7, 11) is 1.21. The Hall–Kier alpha value is -0.383. The van der Waals surface area contributed by atoms with Gasteiger partial charge in [-0.3, -0.25) is 0 Å². The number of allylic oxidation sites excluding steroid dienone is 4. The van der Waals surface area contributed by atoms with Crippen molar-refractivity contribution in [2.75, 3.05) is 14.2 Å². The summed E-state index contributed by atoms with van der Waals surface area (Å²) in [5.41, 5.74) is 0. The Kier molecular flexibility index (Phi) is 5.21. The minimum atomic E-state index is -2.23. The fourth-order valence-corrected chi connectivity index (χ4v) is 4.25. The molecular formula is C10H20O2Si. The van der Waals surface area contributed by atoms with E-state index in [-0.39, 0.29) is 0 Å². The van der Waals surface area contributed by atoms with Gasteiger partial charge in [-0.1, -0.05) is 12.2 Å². The molecule has 0 aliphatic rings. The molecular weight excluding hydrogens is 180 g/mol. The lowest BCUT2D eigenvalue weighted by molar-refractivity contribution is 0.262. The highest BCUT2D eigenvalue weighted by Crippen LogP contribution is 2.24. The highest BCUT2D eigenvalue weighted by Gasteiger charge is 2.39. The van der Waals surface area contributed by atoms with E-state index in [2.05, 4.69) is 26.0 Å². The first-order valence-corrected chi connectivity index (χ1v) is 6.27.